The molecule has 1 saturated heterocycles. The van der Waals surface area contributed by atoms with Crippen molar-refractivity contribution in [3.63, 3.8) is 0 Å². The van der Waals surface area contributed by atoms with E-state index in [0.29, 0.717) is 31.6 Å². The van der Waals surface area contributed by atoms with E-state index in [-0.39, 0.29) is 5.82 Å². The number of hydrogen-bond donors (Lipinski definition) is 1. The molecule has 4 heteroatoms. The summed E-state index contributed by atoms with van der Waals surface area (Å²) in [7, 11) is 0. The van der Waals surface area contributed by atoms with Crippen LogP contribution in [-0.4, -0.2) is 18.6 Å². The standard InChI is InChI=1S/C12H14FN3/c13-10-3-1-2-4-11(10)16-7-5-12(15,9-14)6-8-16/h1-4H,5-8,15H2. The highest BCUT2D eigenvalue weighted by molar-refractivity contribution is 5.48. The number of hydrogen-bond acceptors (Lipinski definition) is 3. The molecule has 0 aliphatic carbocycles. The van der Waals surface area contributed by atoms with Gasteiger partial charge in [0.05, 0.1) is 11.8 Å². The molecule has 0 unspecified atom stereocenters. The zero-order valence-corrected chi connectivity index (χ0v) is 8.99. The van der Waals surface area contributed by atoms with Crippen molar-refractivity contribution in [2.45, 2.75) is 18.4 Å². The van der Waals surface area contributed by atoms with Crippen LogP contribution >= 0.6 is 0 Å². The molecule has 1 fully saturated rings. The molecule has 1 aromatic carbocycles. The Labute approximate surface area is 94.3 Å². The van der Waals surface area contributed by atoms with Crippen molar-refractivity contribution in [2.24, 2.45) is 5.73 Å². The van der Waals surface area contributed by atoms with Gasteiger partial charge in [-0.15, -0.1) is 0 Å². The first-order valence-corrected chi connectivity index (χ1v) is 5.34. The first-order chi connectivity index (χ1) is 7.64. The summed E-state index contributed by atoms with van der Waals surface area (Å²) in [5, 5.41) is 8.89. The summed E-state index contributed by atoms with van der Waals surface area (Å²) >= 11 is 0. The van der Waals surface area contributed by atoms with Gasteiger partial charge in [-0.25, -0.2) is 4.39 Å². The maximum absolute atomic E-state index is 13.5. The molecule has 1 aliphatic heterocycles. The third-order valence-corrected chi connectivity index (χ3v) is 3.07. The average molecular weight is 219 g/mol. The van der Waals surface area contributed by atoms with Crippen molar-refractivity contribution in [3.05, 3.63) is 30.1 Å². The van der Waals surface area contributed by atoms with Crippen molar-refractivity contribution < 1.29 is 4.39 Å². The minimum absolute atomic E-state index is 0.219. The zero-order chi connectivity index (χ0) is 11.6. The fourth-order valence-electron chi connectivity index (χ4n) is 1.97. The molecule has 1 aliphatic rings. The minimum atomic E-state index is -0.734. The molecule has 0 spiro atoms. The highest BCUT2D eigenvalue weighted by Crippen LogP contribution is 2.25. The van der Waals surface area contributed by atoms with Gasteiger partial charge in [-0.05, 0) is 25.0 Å². The second-order valence-electron chi connectivity index (χ2n) is 4.21. The van der Waals surface area contributed by atoms with E-state index in [2.05, 4.69) is 6.07 Å². The van der Waals surface area contributed by atoms with Gasteiger partial charge in [0.25, 0.3) is 0 Å². The number of rotatable bonds is 1. The molecule has 2 rings (SSSR count). The summed E-state index contributed by atoms with van der Waals surface area (Å²) in [4.78, 5) is 1.94. The van der Waals surface area contributed by atoms with Crippen LogP contribution in [0.2, 0.25) is 0 Å². The summed E-state index contributed by atoms with van der Waals surface area (Å²) in [5.74, 6) is -0.219. The lowest BCUT2D eigenvalue weighted by Gasteiger charge is -2.36. The van der Waals surface area contributed by atoms with Crippen molar-refractivity contribution in [2.75, 3.05) is 18.0 Å². The van der Waals surface area contributed by atoms with Crippen molar-refractivity contribution in [3.8, 4) is 6.07 Å². The highest BCUT2D eigenvalue weighted by atomic mass is 19.1. The summed E-state index contributed by atoms with van der Waals surface area (Å²) < 4.78 is 13.5. The zero-order valence-electron chi connectivity index (χ0n) is 8.99. The monoisotopic (exact) mass is 219 g/mol. The Kier molecular flexibility index (Phi) is 2.80. The number of halogens is 1. The van der Waals surface area contributed by atoms with E-state index in [1.54, 1.807) is 12.1 Å². The molecule has 3 nitrogen and oxygen atoms in total. The number of piperidine rings is 1. The SMILES string of the molecule is N#CC1(N)CCN(c2ccccc2F)CC1. The number of para-hydroxylation sites is 1. The quantitative estimate of drug-likeness (QED) is 0.781. The van der Waals surface area contributed by atoms with E-state index in [1.165, 1.54) is 6.07 Å². The molecule has 1 heterocycles. The van der Waals surface area contributed by atoms with Crippen LogP contribution in [0.4, 0.5) is 10.1 Å². The first kappa shape index (κ1) is 10.9. The van der Waals surface area contributed by atoms with Crippen molar-refractivity contribution >= 4 is 5.69 Å². The van der Waals surface area contributed by atoms with E-state index in [4.69, 9.17) is 11.0 Å². The Morgan fingerprint density at radius 2 is 1.94 bits per heavy atom. The van der Waals surface area contributed by atoms with Crippen LogP contribution in [0, 0.1) is 17.1 Å². The molecule has 0 bridgehead atoms. The molecule has 0 atom stereocenters. The van der Waals surface area contributed by atoms with Crippen LogP contribution in [0.3, 0.4) is 0 Å². The number of nitrogens with zero attached hydrogens (tertiary/aromatic N) is 2. The van der Waals surface area contributed by atoms with Gasteiger partial charge in [0.2, 0.25) is 0 Å². The first-order valence-electron chi connectivity index (χ1n) is 5.34. The molecule has 0 amide bonds. The molecule has 84 valence electrons. The van der Waals surface area contributed by atoms with Crippen LogP contribution in [0.5, 0.6) is 0 Å². The van der Waals surface area contributed by atoms with Gasteiger partial charge in [-0.3, -0.25) is 0 Å². The number of nitriles is 1. The van der Waals surface area contributed by atoms with E-state index in [9.17, 15) is 4.39 Å². The Bertz CT molecular complexity index is 417. The predicted octanol–water partition coefficient (Wildman–Crippen LogP) is 1.65. The Hall–Kier alpha value is -1.60. The van der Waals surface area contributed by atoms with Gasteiger partial charge in [0.15, 0.2) is 0 Å². The summed E-state index contributed by atoms with van der Waals surface area (Å²) in [6, 6.07) is 8.81. The number of nitrogens with two attached hydrogens (primary N) is 1. The minimum Gasteiger partial charge on any atom is -0.369 e. The number of benzene rings is 1. The highest BCUT2D eigenvalue weighted by Gasteiger charge is 2.31. The fourth-order valence-corrected chi connectivity index (χ4v) is 1.97. The normalized spacial score (nSPS) is 19.2. The molecular formula is C12H14FN3. The fraction of sp³-hybridized carbons (Fsp3) is 0.417. The third-order valence-electron chi connectivity index (χ3n) is 3.07. The van der Waals surface area contributed by atoms with Gasteiger partial charge >= 0.3 is 0 Å². The second-order valence-corrected chi connectivity index (χ2v) is 4.21. The van der Waals surface area contributed by atoms with Gasteiger partial charge in [0, 0.05) is 13.1 Å². The maximum Gasteiger partial charge on any atom is 0.146 e. The van der Waals surface area contributed by atoms with Gasteiger partial charge in [0.1, 0.15) is 11.4 Å². The van der Waals surface area contributed by atoms with Gasteiger partial charge in [-0.1, -0.05) is 12.1 Å². The lowest BCUT2D eigenvalue weighted by Crippen LogP contribution is -2.49. The lowest BCUT2D eigenvalue weighted by molar-refractivity contribution is 0.412. The maximum atomic E-state index is 13.5. The molecule has 1 aromatic rings. The topological polar surface area (TPSA) is 53.1 Å². The molecule has 0 aromatic heterocycles. The van der Waals surface area contributed by atoms with Gasteiger partial charge in [-0.2, -0.15) is 5.26 Å². The second kappa shape index (κ2) is 4.11. The van der Waals surface area contributed by atoms with Crippen LogP contribution in [0.25, 0.3) is 0 Å². The Morgan fingerprint density at radius 3 is 2.50 bits per heavy atom. The Balaban J connectivity index is 2.11. The smallest absolute Gasteiger partial charge is 0.146 e. The van der Waals surface area contributed by atoms with Crippen LogP contribution < -0.4 is 10.6 Å². The van der Waals surface area contributed by atoms with Crippen molar-refractivity contribution in [1.82, 2.24) is 0 Å². The average Bonchev–Trinajstić information content (AvgIpc) is 2.31. The summed E-state index contributed by atoms with van der Waals surface area (Å²) in [6.45, 7) is 1.26. The molecular weight excluding hydrogens is 205 g/mol. The lowest BCUT2D eigenvalue weighted by atomic mass is 9.90. The summed E-state index contributed by atoms with van der Waals surface area (Å²) in [5.41, 5.74) is 5.72. The molecule has 16 heavy (non-hydrogen) atoms. The molecule has 2 N–H and O–H groups in total. The van der Waals surface area contributed by atoms with Crippen LogP contribution in [0.15, 0.2) is 24.3 Å². The predicted molar refractivity (Wildman–Crippen MR) is 60.4 cm³/mol. The van der Waals surface area contributed by atoms with E-state index < -0.39 is 5.54 Å². The summed E-state index contributed by atoms with van der Waals surface area (Å²) in [6.07, 6.45) is 1.16. The van der Waals surface area contributed by atoms with E-state index in [1.807, 2.05) is 11.0 Å². The van der Waals surface area contributed by atoms with E-state index in [0.717, 1.165) is 0 Å². The van der Waals surface area contributed by atoms with Crippen molar-refractivity contribution in [1.29, 1.82) is 5.26 Å². The molecule has 0 radical (unpaired) electrons. The van der Waals surface area contributed by atoms with Crippen LogP contribution in [0.1, 0.15) is 12.8 Å². The van der Waals surface area contributed by atoms with Gasteiger partial charge < -0.3 is 10.6 Å². The number of anilines is 1. The van der Waals surface area contributed by atoms with E-state index >= 15 is 0 Å². The largest absolute Gasteiger partial charge is 0.369 e. The Morgan fingerprint density at radius 1 is 1.31 bits per heavy atom. The third kappa shape index (κ3) is 2.00. The van der Waals surface area contributed by atoms with Crippen LogP contribution in [-0.2, 0) is 0 Å². The molecule has 0 saturated carbocycles.